The molecule has 0 amide bonds. The van der Waals surface area contributed by atoms with Crippen molar-refractivity contribution in [2.75, 3.05) is 13.1 Å². The van der Waals surface area contributed by atoms with Crippen LogP contribution < -0.4 is 5.32 Å². The fourth-order valence-electron chi connectivity index (χ4n) is 1.43. The number of rotatable bonds is 7. The molecule has 0 aliphatic rings. The molecule has 3 nitrogen and oxygen atoms in total. The number of unbranched alkanes of at least 4 members (excludes halogenated alkanes) is 2. The van der Waals surface area contributed by atoms with Gasteiger partial charge in [-0.25, -0.2) is 0 Å². The van der Waals surface area contributed by atoms with Gasteiger partial charge in [0, 0.05) is 12.7 Å². The minimum absolute atomic E-state index is 0.751. The average Bonchev–Trinajstić information content (AvgIpc) is 2.52. The maximum Gasteiger partial charge on any atom is 0.0814 e. The van der Waals surface area contributed by atoms with E-state index in [4.69, 9.17) is 11.6 Å². The first-order valence-electron chi connectivity index (χ1n) is 5.64. The maximum absolute atomic E-state index is 5.91. The molecule has 1 rings (SSSR count). The van der Waals surface area contributed by atoms with Crippen molar-refractivity contribution in [2.45, 2.75) is 39.7 Å². The van der Waals surface area contributed by atoms with Crippen molar-refractivity contribution < 1.29 is 0 Å². The minimum atomic E-state index is 0.751. The number of aromatic nitrogens is 2. The molecule has 0 aromatic carbocycles. The SMILES string of the molecule is CCCCCNCCn1cc(Cl)c(C)n1. The first-order chi connectivity index (χ1) is 7.24. The van der Waals surface area contributed by atoms with Crippen molar-refractivity contribution in [1.82, 2.24) is 15.1 Å². The van der Waals surface area contributed by atoms with E-state index >= 15 is 0 Å². The molecular weight excluding hydrogens is 210 g/mol. The lowest BCUT2D eigenvalue weighted by molar-refractivity contribution is 0.537. The summed E-state index contributed by atoms with van der Waals surface area (Å²) in [7, 11) is 0. The van der Waals surface area contributed by atoms with Crippen LogP contribution in [0.5, 0.6) is 0 Å². The van der Waals surface area contributed by atoms with E-state index in [-0.39, 0.29) is 0 Å². The molecule has 0 bridgehead atoms. The van der Waals surface area contributed by atoms with Gasteiger partial charge >= 0.3 is 0 Å². The third-order valence-electron chi connectivity index (χ3n) is 2.36. The van der Waals surface area contributed by atoms with Crippen LogP contribution in [0, 0.1) is 6.92 Å². The summed E-state index contributed by atoms with van der Waals surface area (Å²) in [6.45, 7) is 7.09. The standard InChI is InChI=1S/C11H20ClN3/c1-3-4-5-6-13-7-8-15-9-11(12)10(2)14-15/h9,13H,3-8H2,1-2H3. The van der Waals surface area contributed by atoms with E-state index in [1.165, 1.54) is 19.3 Å². The van der Waals surface area contributed by atoms with Gasteiger partial charge < -0.3 is 5.32 Å². The molecule has 0 fully saturated rings. The lowest BCUT2D eigenvalue weighted by atomic mass is 10.2. The van der Waals surface area contributed by atoms with Crippen LogP contribution in [0.3, 0.4) is 0 Å². The topological polar surface area (TPSA) is 29.9 Å². The van der Waals surface area contributed by atoms with Gasteiger partial charge in [0.05, 0.1) is 17.3 Å². The zero-order valence-corrected chi connectivity index (χ0v) is 10.3. The monoisotopic (exact) mass is 229 g/mol. The summed E-state index contributed by atoms with van der Waals surface area (Å²) >= 11 is 5.91. The van der Waals surface area contributed by atoms with E-state index in [0.717, 1.165) is 30.4 Å². The van der Waals surface area contributed by atoms with Gasteiger partial charge in [0.1, 0.15) is 0 Å². The summed E-state index contributed by atoms with van der Waals surface area (Å²) in [4.78, 5) is 0. The van der Waals surface area contributed by atoms with Crippen LogP contribution in [0.4, 0.5) is 0 Å². The molecule has 0 atom stereocenters. The highest BCUT2D eigenvalue weighted by atomic mass is 35.5. The number of hydrogen-bond donors (Lipinski definition) is 1. The Morgan fingerprint density at radius 2 is 2.20 bits per heavy atom. The van der Waals surface area contributed by atoms with Gasteiger partial charge in [-0.05, 0) is 19.9 Å². The predicted octanol–water partition coefficient (Wildman–Crippen LogP) is 2.62. The largest absolute Gasteiger partial charge is 0.315 e. The van der Waals surface area contributed by atoms with Crippen LogP contribution in [0.2, 0.25) is 5.02 Å². The summed E-state index contributed by atoms with van der Waals surface area (Å²) < 4.78 is 1.89. The van der Waals surface area contributed by atoms with Gasteiger partial charge in [0.2, 0.25) is 0 Å². The summed E-state index contributed by atoms with van der Waals surface area (Å²) in [5, 5.41) is 8.43. The highest BCUT2D eigenvalue weighted by Crippen LogP contribution is 2.11. The lowest BCUT2D eigenvalue weighted by Crippen LogP contribution is -2.21. The Bertz CT molecular complexity index is 264. The van der Waals surface area contributed by atoms with Gasteiger partial charge in [0.15, 0.2) is 0 Å². The molecule has 0 aliphatic heterocycles. The van der Waals surface area contributed by atoms with Gasteiger partial charge in [-0.3, -0.25) is 4.68 Å². The number of aryl methyl sites for hydroxylation is 1. The minimum Gasteiger partial charge on any atom is -0.315 e. The van der Waals surface area contributed by atoms with Crippen molar-refractivity contribution in [3.8, 4) is 0 Å². The third-order valence-corrected chi connectivity index (χ3v) is 2.73. The number of nitrogens with one attached hydrogen (secondary N) is 1. The third kappa shape index (κ3) is 4.67. The highest BCUT2D eigenvalue weighted by molar-refractivity contribution is 6.31. The van der Waals surface area contributed by atoms with Crippen molar-refractivity contribution in [1.29, 1.82) is 0 Å². The first kappa shape index (κ1) is 12.5. The van der Waals surface area contributed by atoms with E-state index in [1.807, 2.05) is 17.8 Å². The first-order valence-corrected chi connectivity index (χ1v) is 6.02. The summed E-state index contributed by atoms with van der Waals surface area (Å²) in [6, 6.07) is 0. The van der Waals surface area contributed by atoms with Gasteiger partial charge in [-0.2, -0.15) is 5.10 Å². The number of hydrogen-bond acceptors (Lipinski definition) is 2. The number of nitrogens with zero attached hydrogens (tertiary/aromatic N) is 2. The molecule has 86 valence electrons. The van der Waals surface area contributed by atoms with E-state index in [1.54, 1.807) is 0 Å². The smallest absolute Gasteiger partial charge is 0.0814 e. The molecule has 0 radical (unpaired) electrons. The summed E-state index contributed by atoms with van der Waals surface area (Å²) in [5.74, 6) is 0. The van der Waals surface area contributed by atoms with Crippen molar-refractivity contribution >= 4 is 11.6 Å². The van der Waals surface area contributed by atoms with Crippen LogP contribution in [0.1, 0.15) is 31.9 Å². The zero-order valence-electron chi connectivity index (χ0n) is 9.59. The molecule has 1 aromatic rings. The van der Waals surface area contributed by atoms with Gasteiger partial charge in [-0.15, -0.1) is 0 Å². The summed E-state index contributed by atoms with van der Waals surface area (Å²) in [5.41, 5.74) is 0.905. The molecule has 15 heavy (non-hydrogen) atoms. The van der Waals surface area contributed by atoms with Crippen LogP contribution in [-0.4, -0.2) is 22.9 Å². The Kier molecular flexibility index (Phi) is 5.73. The van der Waals surface area contributed by atoms with Crippen LogP contribution >= 0.6 is 11.6 Å². The fourth-order valence-corrected chi connectivity index (χ4v) is 1.58. The van der Waals surface area contributed by atoms with E-state index in [0.29, 0.717) is 0 Å². The van der Waals surface area contributed by atoms with Gasteiger partial charge in [-0.1, -0.05) is 31.4 Å². The maximum atomic E-state index is 5.91. The van der Waals surface area contributed by atoms with E-state index in [9.17, 15) is 0 Å². The molecule has 4 heteroatoms. The molecule has 1 heterocycles. The lowest BCUT2D eigenvalue weighted by Gasteiger charge is -2.04. The normalized spacial score (nSPS) is 10.9. The predicted molar refractivity (Wildman–Crippen MR) is 64.4 cm³/mol. The molecule has 0 aliphatic carbocycles. The van der Waals surface area contributed by atoms with Crippen LogP contribution in [-0.2, 0) is 6.54 Å². The van der Waals surface area contributed by atoms with Crippen molar-refractivity contribution in [3.05, 3.63) is 16.9 Å². The molecule has 0 saturated heterocycles. The Morgan fingerprint density at radius 1 is 1.40 bits per heavy atom. The van der Waals surface area contributed by atoms with Crippen LogP contribution in [0.15, 0.2) is 6.20 Å². The second kappa shape index (κ2) is 6.85. The second-order valence-electron chi connectivity index (χ2n) is 3.78. The van der Waals surface area contributed by atoms with Crippen LogP contribution in [0.25, 0.3) is 0 Å². The van der Waals surface area contributed by atoms with Gasteiger partial charge in [0.25, 0.3) is 0 Å². The zero-order chi connectivity index (χ0) is 11.1. The molecule has 1 aromatic heterocycles. The Balaban J connectivity index is 2.10. The quantitative estimate of drug-likeness (QED) is 0.729. The molecule has 0 saturated carbocycles. The Hall–Kier alpha value is -0.540. The molecule has 0 unspecified atom stereocenters. The van der Waals surface area contributed by atoms with E-state index in [2.05, 4.69) is 17.3 Å². The highest BCUT2D eigenvalue weighted by Gasteiger charge is 2.00. The molecule has 0 spiro atoms. The number of halogens is 1. The Labute approximate surface area is 96.8 Å². The average molecular weight is 230 g/mol. The molecule has 1 N–H and O–H groups in total. The van der Waals surface area contributed by atoms with Crippen molar-refractivity contribution in [3.63, 3.8) is 0 Å². The van der Waals surface area contributed by atoms with E-state index < -0.39 is 0 Å². The fraction of sp³-hybridized carbons (Fsp3) is 0.727. The Morgan fingerprint density at radius 3 is 2.80 bits per heavy atom. The summed E-state index contributed by atoms with van der Waals surface area (Å²) in [6.07, 6.45) is 5.72. The van der Waals surface area contributed by atoms with Crippen molar-refractivity contribution in [2.24, 2.45) is 0 Å². The second-order valence-corrected chi connectivity index (χ2v) is 4.19. The molecular formula is C11H20ClN3.